The molecule has 0 unspecified atom stereocenters. The summed E-state index contributed by atoms with van der Waals surface area (Å²) >= 11 is 0. The van der Waals surface area contributed by atoms with Crippen molar-refractivity contribution in [2.24, 2.45) is 0 Å². The fourth-order valence-electron chi connectivity index (χ4n) is 13.3. The smallest absolute Gasteiger partial charge is 0.166 e. The van der Waals surface area contributed by atoms with Crippen molar-refractivity contribution in [1.82, 2.24) is 0 Å². The largest absolute Gasteiger partial charge is 0.416 e. The lowest BCUT2D eigenvalue weighted by atomic mass is 9.32. The van der Waals surface area contributed by atoms with Gasteiger partial charge in [0.2, 0.25) is 0 Å². The zero-order valence-corrected chi connectivity index (χ0v) is 39.3. The Balaban J connectivity index is 1.05. The van der Waals surface area contributed by atoms with Crippen LogP contribution in [0.1, 0.15) is 83.0 Å². The van der Waals surface area contributed by atoms with Crippen LogP contribution in [0, 0.1) is 0 Å². The topological polar surface area (TPSA) is 0 Å². The predicted molar refractivity (Wildman–Crippen MR) is 262 cm³/mol. The highest BCUT2D eigenvalue weighted by atomic mass is 19.4. The predicted octanol–water partition coefficient (Wildman–Crippen LogP) is 18.9. The lowest BCUT2D eigenvalue weighted by Crippen LogP contribution is -2.67. The van der Waals surface area contributed by atoms with Crippen LogP contribution >= 0.6 is 0 Å². The Kier molecular flexibility index (Phi) is 11.5. The Labute approximate surface area is 419 Å². The molecule has 0 N–H and O–H groups in total. The Morgan fingerprint density at radius 1 is 0.189 bits per heavy atom. The van der Waals surface area contributed by atoms with Gasteiger partial charge in [-0.25, -0.2) is 0 Å². The van der Waals surface area contributed by atoms with Crippen LogP contribution in [-0.4, -0.2) is 0 Å². The first-order valence-electron chi connectivity index (χ1n) is 24.1. The molecule has 0 aromatic heterocycles. The van der Waals surface area contributed by atoms with E-state index in [0.29, 0.717) is 22.3 Å². The van der Waals surface area contributed by atoms with Gasteiger partial charge in [-0.1, -0.05) is 146 Å². The number of rotatable bonds is 8. The van der Waals surface area contributed by atoms with Crippen LogP contribution in [-0.2, 0) is 46.4 Å². The van der Waals surface area contributed by atoms with Gasteiger partial charge in [-0.05, 0) is 175 Å². The second kappa shape index (κ2) is 17.2. The number of hydrogen-bond acceptors (Lipinski definition) is 0. The minimum atomic E-state index is -4.49. The molecule has 4 fully saturated rings. The highest BCUT2D eigenvalue weighted by Crippen LogP contribution is 2.75. The quantitative estimate of drug-likeness (QED) is 0.133. The van der Waals surface area contributed by atoms with Gasteiger partial charge in [0.15, 0.2) is 0 Å². The third kappa shape index (κ3) is 8.87. The first kappa shape index (κ1) is 49.1. The van der Waals surface area contributed by atoms with Crippen LogP contribution in [0.3, 0.4) is 0 Å². The second-order valence-electron chi connectivity index (χ2n) is 20.8. The van der Waals surface area contributed by atoms with E-state index in [4.69, 9.17) is 0 Å². The van der Waals surface area contributed by atoms with Crippen LogP contribution in [0.15, 0.2) is 194 Å². The summed E-state index contributed by atoms with van der Waals surface area (Å²) in [6.45, 7) is 0. The molecule has 4 saturated carbocycles. The molecule has 12 heteroatoms. The Morgan fingerprint density at radius 3 is 0.432 bits per heavy atom. The van der Waals surface area contributed by atoms with Crippen LogP contribution in [0.25, 0.3) is 44.5 Å². The van der Waals surface area contributed by atoms with Gasteiger partial charge in [0.25, 0.3) is 0 Å². The highest BCUT2D eigenvalue weighted by molar-refractivity contribution is 5.69. The van der Waals surface area contributed by atoms with Crippen molar-refractivity contribution < 1.29 is 52.7 Å². The fourth-order valence-corrected chi connectivity index (χ4v) is 13.3. The van der Waals surface area contributed by atoms with Gasteiger partial charge >= 0.3 is 24.7 Å². The van der Waals surface area contributed by atoms with Crippen molar-refractivity contribution in [3.63, 3.8) is 0 Å². The molecule has 74 heavy (non-hydrogen) atoms. The summed E-state index contributed by atoms with van der Waals surface area (Å²) in [5, 5.41) is 0. The van der Waals surface area contributed by atoms with Crippen molar-refractivity contribution >= 4 is 0 Å². The molecule has 0 spiro atoms. The van der Waals surface area contributed by atoms with Gasteiger partial charge < -0.3 is 0 Å². The molecule has 8 aromatic carbocycles. The number of alkyl halides is 12. The average molecular weight is 1020 g/mol. The fraction of sp³-hybridized carbons (Fsp3) is 0.226. The summed E-state index contributed by atoms with van der Waals surface area (Å²) in [7, 11) is 0. The second-order valence-corrected chi connectivity index (χ2v) is 20.8. The third-order valence-electron chi connectivity index (χ3n) is 16.2. The number of hydrogen-bond donors (Lipinski definition) is 0. The van der Waals surface area contributed by atoms with Crippen molar-refractivity contribution in [2.45, 2.75) is 84.9 Å². The molecule has 8 aromatic rings. The molecule has 0 nitrogen and oxygen atoms in total. The van der Waals surface area contributed by atoms with Gasteiger partial charge in [0.05, 0.1) is 22.3 Å². The molecule has 376 valence electrons. The first-order chi connectivity index (χ1) is 34.9. The van der Waals surface area contributed by atoms with E-state index in [2.05, 4.69) is 48.5 Å². The van der Waals surface area contributed by atoms with E-state index in [1.165, 1.54) is 48.5 Å². The summed E-state index contributed by atoms with van der Waals surface area (Å²) in [5.41, 5.74) is 4.62. The molecule has 4 aliphatic rings. The molecular formula is C62H44F12. The van der Waals surface area contributed by atoms with E-state index in [0.717, 1.165) is 132 Å². The minimum Gasteiger partial charge on any atom is -0.166 e. The maximum atomic E-state index is 13.5. The van der Waals surface area contributed by atoms with E-state index < -0.39 is 68.6 Å². The molecule has 4 aliphatic carbocycles. The van der Waals surface area contributed by atoms with Crippen molar-refractivity contribution in [1.29, 1.82) is 0 Å². The molecule has 0 atom stereocenters. The lowest BCUT2D eigenvalue weighted by Gasteiger charge is -2.71. The summed E-state index contributed by atoms with van der Waals surface area (Å²) in [5.74, 6) is 0. The summed E-state index contributed by atoms with van der Waals surface area (Å²) in [6, 6.07) is 52.3. The maximum Gasteiger partial charge on any atom is 0.416 e. The van der Waals surface area contributed by atoms with E-state index in [1.54, 1.807) is 0 Å². The maximum absolute atomic E-state index is 13.5. The monoisotopic (exact) mass is 1020 g/mol. The van der Waals surface area contributed by atoms with E-state index >= 15 is 0 Å². The number of benzene rings is 8. The zero-order valence-electron chi connectivity index (χ0n) is 39.3. The number of halogens is 12. The lowest BCUT2D eigenvalue weighted by molar-refractivity contribution is -0.138. The first-order valence-corrected chi connectivity index (χ1v) is 24.1. The van der Waals surface area contributed by atoms with Gasteiger partial charge in [0.1, 0.15) is 0 Å². The van der Waals surface area contributed by atoms with Crippen LogP contribution in [0.2, 0.25) is 0 Å². The molecule has 12 rings (SSSR count). The van der Waals surface area contributed by atoms with Gasteiger partial charge in [-0.15, -0.1) is 0 Å². The molecule has 0 heterocycles. The average Bonchev–Trinajstić information content (AvgIpc) is 3.41. The third-order valence-corrected chi connectivity index (χ3v) is 16.2. The minimum absolute atomic E-state index is 0.502. The summed E-state index contributed by atoms with van der Waals surface area (Å²) < 4.78 is 162. The molecule has 0 aliphatic heterocycles. The standard InChI is InChI=1S/C62H44F12/c63-59(64,65)51-25-9-43(10-26-51)39-1-17-47(18-2-39)55-33-56(48-19-3-40(4-20-48)44-11-27-52(28-12-44)60(66,67)68)36-57(34-55,49-21-5-41(6-22-49)45-13-29-53(30-14-45)61(69,70)71)38-58(35-55,37-56)50-23-7-42(8-24-50)46-15-31-54(32-16-46)62(72,73)74/h1-32H,33-38H2. The van der Waals surface area contributed by atoms with E-state index in [1.807, 2.05) is 48.5 Å². The van der Waals surface area contributed by atoms with Crippen LogP contribution in [0.5, 0.6) is 0 Å². The Bertz CT molecular complexity index is 2820. The molecule has 0 radical (unpaired) electrons. The summed E-state index contributed by atoms with van der Waals surface area (Å²) in [4.78, 5) is 0. The Hall–Kier alpha value is -7.08. The molecule has 0 saturated heterocycles. The highest BCUT2D eigenvalue weighted by Gasteiger charge is 2.69. The molecular weight excluding hydrogens is 973 g/mol. The van der Waals surface area contributed by atoms with E-state index in [-0.39, 0.29) is 0 Å². The van der Waals surface area contributed by atoms with Crippen molar-refractivity contribution in [3.05, 3.63) is 239 Å². The summed E-state index contributed by atoms with van der Waals surface area (Å²) in [6.07, 6.45) is -13.6. The Morgan fingerprint density at radius 2 is 0.311 bits per heavy atom. The van der Waals surface area contributed by atoms with Crippen molar-refractivity contribution in [2.75, 3.05) is 0 Å². The molecule has 4 bridgehead atoms. The van der Waals surface area contributed by atoms with Crippen LogP contribution < -0.4 is 0 Å². The van der Waals surface area contributed by atoms with Crippen LogP contribution in [0.4, 0.5) is 52.7 Å². The van der Waals surface area contributed by atoms with Gasteiger partial charge in [0, 0.05) is 0 Å². The van der Waals surface area contributed by atoms with Gasteiger partial charge in [-0.2, -0.15) is 52.7 Å². The SMILES string of the molecule is FC(F)(F)c1ccc(-c2ccc(C34CC5(c6ccc(-c7ccc(C(F)(F)F)cc7)cc6)CC(c6ccc(-c7ccc(C(F)(F)F)cc7)cc6)(C3)CC(c3ccc(-c6ccc(C(F)(F)F)cc6)cc3)(C4)C5)cc2)cc1. The van der Waals surface area contributed by atoms with Crippen molar-refractivity contribution in [3.8, 4) is 44.5 Å². The zero-order chi connectivity index (χ0) is 52.1. The van der Waals surface area contributed by atoms with Gasteiger partial charge in [-0.3, -0.25) is 0 Å². The van der Waals surface area contributed by atoms with E-state index in [9.17, 15) is 52.7 Å². The molecule has 0 amide bonds. The normalized spacial score (nSPS) is 22.8.